The summed E-state index contributed by atoms with van der Waals surface area (Å²) in [6.07, 6.45) is 4.10. The van der Waals surface area contributed by atoms with Crippen molar-refractivity contribution in [3.05, 3.63) is 132 Å². The highest BCUT2D eigenvalue weighted by Crippen LogP contribution is 2.48. The summed E-state index contributed by atoms with van der Waals surface area (Å²) in [5.74, 6) is 1.48. The maximum atomic E-state index is 11.9. The number of rotatable bonds is 16. The fourth-order valence-corrected chi connectivity index (χ4v) is 6.38. The molecule has 0 saturated carbocycles. The summed E-state index contributed by atoms with van der Waals surface area (Å²) in [7, 11) is 0. The third-order valence-electron chi connectivity index (χ3n) is 6.87. The summed E-state index contributed by atoms with van der Waals surface area (Å²) >= 11 is 2.03. The van der Waals surface area contributed by atoms with Gasteiger partial charge in [-0.1, -0.05) is 104 Å². The van der Waals surface area contributed by atoms with Crippen LogP contribution in [0.3, 0.4) is 0 Å². The second kappa shape index (κ2) is 16.5. The molecule has 0 unspecified atom stereocenters. The molecule has 0 aliphatic carbocycles. The smallest absolute Gasteiger partial charge is 0.410 e. The van der Waals surface area contributed by atoms with Crippen molar-refractivity contribution in [1.82, 2.24) is 10.6 Å². The molecule has 0 bridgehead atoms. The molecule has 0 saturated heterocycles. The summed E-state index contributed by atoms with van der Waals surface area (Å²) in [6.45, 7) is 2.10. The Morgan fingerprint density at radius 1 is 0.659 bits per heavy atom. The van der Waals surface area contributed by atoms with Gasteiger partial charge in [0.25, 0.3) is 0 Å². The van der Waals surface area contributed by atoms with E-state index in [0.29, 0.717) is 24.5 Å². The van der Waals surface area contributed by atoms with Crippen LogP contribution in [0.1, 0.15) is 42.4 Å². The van der Waals surface area contributed by atoms with Gasteiger partial charge in [-0.25, -0.2) is 4.79 Å². The number of nitrogens with one attached hydrogen (secondary N) is 3. The minimum absolute atomic E-state index is 0.250. The van der Waals surface area contributed by atoms with Crippen LogP contribution in [0.25, 0.3) is 0 Å². The number of hydrogen-bond donors (Lipinski definition) is 4. The van der Waals surface area contributed by atoms with Crippen LogP contribution in [-0.4, -0.2) is 36.7 Å². The first kappa shape index (κ1) is 30.2. The zero-order valence-corrected chi connectivity index (χ0v) is 24.1. The zero-order valence-electron chi connectivity index (χ0n) is 23.3. The van der Waals surface area contributed by atoms with Crippen molar-refractivity contribution in [1.29, 1.82) is 0 Å². The summed E-state index contributed by atoms with van der Waals surface area (Å²) < 4.78 is 4.97. The van der Waals surface area contributed by atoms with Gasteiger partial charge in [-0.05, 0) is 66.1 Å². The number of carbonyl (C=O) groups is 1. The number of thioether (sulfide) groups is 1. The van der Waals surface area contributed by atoms with Crippen LogP contribution in [0.5, 0.6) is 5.75 Å². The van der Waals surface area contributed by atoms with Gasteiger partial charge in [-0.15, -0.1) is 11.8 Å². The molecule has 0 fully saturated rings. The second-order valence-corrected chi connectivity index (χ2v) is 11.1. The van der Waals surface area contributed by atoms with Crippen LogP contribution in [0, 0.1) is 0 Å². The van der Waals surface area contributed by atoms with Crippen molar-refractivity contribution >= 4 is 23.5 Å². The number of carbonyl (C=O) groups excluding carboxylic acids is 1. The first-order chi connectivity index (χ1) is 20.2. The van der Waals surface area contributed by atoms with Crippen molar-refractivity contribution in [3.8, 4) is 5.75 Å². The summed E-state index contributed by atoms with van der Waals surface area (Å²) in [6, 6.07) is 39.0. The quantitative estimate of drug-likeness (QED) is 0.0637. The van der Waals surface area contributed by atoms with Gasteiger partial charge < -0.3 is 15.4 Å². The van der Waals surface area contributed by atoms with E-state index in [1.807, 2.05) is 17.2 Å². The van der Waals surface area contributed by atoms with Crippen molar-refractivity contribution < 1.29 is 14.7 Å². The Labute approximate surface area is 247 Å². The minimum Gasteiger partial charge on any atom is -0.410 e. The number of benzene rings is 4. The van der Waals surface area contributed by atoms with Crippen molar-refractivity contribution in [2.75, 3.05) is 30.9 Å². The molecule has 4 rings (SSSR count). The molecule has 6 nitrogen and oxygen atoms in total. The van der Waals surface area contributed by atoms with Gasteiger partial charge in [0.15, 0.2) is 0 Å². The standard InChI is InChI=1S/C34H39N3O3S/c38-33(40-32-22-20-31(37-39)21-23-32)36-26-25-35-24-12-1-2-13-27-41-34(28-14-6-3-7-15-28,29-16-8-4-9-17-29)30-18-10-5-11-19-30/h3-11,14-23,35,37,39H,1-2,12-13,24-27H2,(H,36,38). The number of ether oxygens (including phenoxy) is 1. The lowest BCUT2D eigenvalue weighted by molar-refractivity contribution is 0.200. The van der Waals surface area contributed by atoms with E-state index >= 15 is 0 Å². The average Bonchev–Trinajstić information content (AvgIpc) is 3.03. The largest absolute Gasteiger partial charge is 0.412 e. The highest BCUT2D eigenvalue weighted by atomic mass is 32.2. The molecule has 0 heterocycles. The first-order valence-electron chi connectivity index (χ1n) is 14.2. The molecule has 0 aliphatic heterocycles. The summed E-state index contributed by atoms with van der Waals surface area (Å²) in [5, 5.41) is 15.0. The maximum absolute atomic E-state index is 11.9. The Balaban J connectivity index is 1.17. The molecule has 0 aromatic heterocycles. The molecule has 214 valence electrons. The molecule has 0 spiro atoms. The van der Waals surface area contributed by atoms with E-state index in [0.717, 1.165) is 31.6 Å². The Morgan fingerprint density at radius 3 is 1.73 bits per heavy atom. The predicted molar refractivity (Wildman–Crippen MR) is 169 cm³/mol. The monoisotopic (exact) mass is 569 g/mol. The maximum Gasteiger partial charge on any atom is 0.412 e. The SMILES string of the molecule is O=C(NCCNCCCCCCSC(c1ccccc1)(c1ccccc1)c1ccccc1)Oc1ccc(NO)cc1. The predicted octanol–water partition coefficient (Wildman–Crippen LogP) is 7.45. The zero-order chi connectivity index (χ0) is 28.6. The molecule has 41 heavy (non-hydrogen) atoms. The van der Waals surface area contributed by atoms with E-state index in [-0.39, 0.29) is 4.75 Å². The van der Waals surface area contributed by atoms with Crippen LogP contribution in [0.15, 0.2) is 115 Å². The van der Waals surface area contributed by atoms with E-state index in [1.165, 1.54) is 23.1 Å². The van der Waals surface area contributed by atoms with E-state index in [1.54, 1.807) is 24.3 Å². The first-order valence-corrected chi connectivity index (χ1v) is 15.2. The molecule has 4 N–H and O–H groups in total. The van der Waals surface area contributed by atoms with Crippen molar-refractivity contribution in [2.45, 2.75) is 30.4 Å². The molecule has 7 heteroatoms. The molecule has 4 aromatic carbocycles. The number of amides is 1. The van der Waals surface area contributed by atoms with Gasteiger partial charge >= 0.3 is 6.09 Å². The molecular weight excluding hydrogens is 530 g/mol. The molecule has 4 aromatic rings. The van der Waals surface area contributed by atoms with Gasteiger partial charge in [-0.2, -0.15) is 0 Å². The van der Waals surface area contributed by atoms with Crippen LogP contribution in [0.2, 0.25) is 0 Å². The van der Waals surface area contributed by atoms with Crippen LogP contribution >= 0.6 is 11.8 Å². The number of unbranched alkanes of at least 4 members (excludes halogenated alkanes) is 3. The fraction of sp³-hybridized carbons (Fsp3) is 0.265. The molecular formula is C34H39N3O3S. The lowest BCUT2D eigenvalue weighted by Crippen LogP contribution is -2.34. The fourth-order valence-electron chi connectivity index (χ4n) is 4.82. The van der Waals surface area contributed by atoms with E-state index in [9.17, 15) is 4.79 Å². The molecule has 0 aliphatic rings. The molecule has 1 amide bonds. The van der Waals surface area contributed by atoms with E-state index in [2.05, 4.69) is 102 Å². The van der Waals surface area contributed by atoms with Crippen molar-refractivity contribution in [3.63, 3.8) is 0 Å². The van der Waals surface area contributed by atoms with Gasteiger partial charge in [0.05, 0.1) is 10.4 Å². The van der Waals surface area contributed by atoms with Gasteiger partial charge in [0.2, 0.25) is 0 Å². The summed E-state index contributed by atoms with van der Waals surface area (Å²) in [5.41, 5.74) is 6.49. The van der Waals surface area contributed by atoms with Gasteiger partial charge in [0, 0.05) is 13.1 Å². The lowest BCUT2D eigenvalue weighted by Gasteiger charge is -2.35. The van der Waals surface area contributed by atoms with Crippen LogP contribution in [0.4, 0.5) is 10.5 Å². The average molecular weight is 570 g/mol. The number of hydrogen-bond acceptors (Lipinski definition) is 6. The van der Waals surface area contributed by atoms with Crippen molar-refractivity contribution in [2.24, 2.45) is 0 Å². The lowest BCUT2D eigenvalue weighted by atomic mass is 9.84. The minimum atomic E-state index is -0.494. The summed E-state index contributed by atoms with van der Waals surface area (Å²) in [4.78, 5) is 11.9. The van der Waals surface area contributed by atoms with Gasteiger partial charge in [0.1, 0.15) is 5.75 Å². The van der Waals surface area contributed by atoms with Crippen LogP contribution < -0.4 is 20.9 Å². The van der Waals surface area contributed by atoms with Gasteiger partial charge in [-0.3, -0.25) is 10.7 Å². The molecule has 0 atom stereocenters. The Kier molecular flexibility index (Phi) is 12.1. The molecule has 0 radical (unpaired) electrons. The highest BCUT2D eigenvalue weighted by molar-refractivity contribution is 8.00. The third kappa shape index (κ3) is 8.85. The Morgan fingerprint density at radius 2 is 1.20 bits per heavy atom. The van der Waals surface area contributed by atoms with Crippen LogP contribution in [-0.2, 0) is 4.75 Å². The second-order valence-electron chi connectivity index (χ2n) is 9.74. The Hall–Kier alpha value is -3.78. The van der Waals surface area contributed by atoms with E-state index < -0.39 is 6.09 Å². The normalized spacial score (nSPS) is 11.1. The third-order valence-corrected chi connectivity index (χ3v) is 8.51. The number of anilines is 1. The Bertz CT molecular complexity index is 1190. The highest BCUT2D eigenvalue weighted by Gasteiger charge is 2.36. The topological polar surface area (TPSA) is 82.6 Å². The van der Waals surface area contributed by atoms with E-state index in [4.69, 9.17) is 9.94 Å².